The van der Waals surface area contributed by atoms with Gasteiger partial charge in [0.05, 0.1) is 28.0 Å². The summed E-state index contributed by atoms with van der Waals surface area (Å²) in [7, 11) is 1.41. The largest absolute Gasteiger partial charge is 0.478 e. The van der Waals surface area contributed by atoms with Gasteiger partial charge in [-0.25, -0.2) is 4.79 Å². The van der Waals surface area contributed by atoms with Gasteiger partial charge in [-0.2, -0.15) is 30.7 Å². The van der Waals surface area contributed by atoms with E-state index in [1.165, 1.54) is 92.6 Å². The van der Waals surface area contributed by atoms with Crippen LogP contribution in [0.3, 0.4) is 0 Å². The average molecular weight is 849 g/mol. The van der Waals surface area contributed by atoms with Crippen molar-refractivity contribution >= 4 is 35.0 Å². The second-order valence-corrected chi connectivity index (χ2v) is 14.9. The molecule has 2 aliphatic rings. The Hall–Kier alpha value is -6.86. The van der Waals surface area contributed by atoms with Gasteiger partial charge in [-0.05, 0) is 85.0 Å². The normalized spacial score (nSPS) is 15.7. The fraction of sp³-hybridized carbons (Fsp3) is 0.317. The molecule has 0 atom stereocenters. The molecule has 20 heteroatoms. The van der Waals surface area contributed by atoms with Crippen LogP contribution >= 0.6 is 0 Å². The average Bonchev–Trinajstić information content (AvgIpc) is 3.86. The lowest BCUT2D eigenvalue weighted by atomic mass is 9.86. The maximum atomic E-state index is 14.9. The lowest BCUT2D eigenvalue weighted by Crippen LogP contribution is -2.42. The number of pyridine rings is 2. The zero-order chi connectivity index (χ0) is 43.4. The first kappa shape index (κ1) is 40.9. The van der Waals surface area contributed by atoms with Crippen LogP contribution in [0.15, 0.2) is 79.1 Å². The number of fused-ring (bicyclic) bond motifs is 2. The Balaban J connectivity index is 1.07. The summed E-state index contributed by atoms with van der Waals surface area (Å²) in [6.45, 7) is 0.353. The van der Waals surface area contributed by atoms with Gasteiger partial charge in [0.1, 0.15) is 5.69 Å². The van der Waals surface area contributed by atoms with Crippen molar-refractivity contribution in [3.8, 4) is 5.69 Å². The number of carbonyl (C=O) groups is 4. The Labute approximate surface area is 342 Å². The van der Waals surface area contributed by atoms with Crippen molar-refractivity contribution in [2.24, 2.45) is 0 Å². The van der Waals surface area contributed by atoms with Gasteiger partial charge in [-0.3, -0.25) is 18.8 Å². The van der Waals surface area contributed by atoms with Crippen LogP contribution < -0.4 is 9.72 Å². The number of amides is 3. The standard InChI is InChI=1S/C41H35F6N9O5/c1-48-36(57)25-14-19-54-33(20-25)56(51-35(54)38(59)53-17-10-23(11-18-53)28-4-2-3-5-30(28)40(42,43)44)27-7-8-29(31(21-27)41(45,46)47)24-12-15-52(16-13-24)37(58)34-50-49-32-9-6-26(39(60)61)22-55(32)34/h2-9,14,19-24H,10-13,15-18H2,1H3,(H-,48,57,60,61)/p+1. The highest BCUT2D eigenvalue weighted by Gasteiger charge is 2.40. The molecule has 6 aromatic rings. The van der Waals surface area contributed by atoms with E-state index >= 15 is 0 Å². The number of likely N-dealkylation sites (tertiary alicyclic amines) is 2. The van der Waals surface area contributed by atoms with E-state index in [9.17, 15) is 50.6 Å². The van der Waals surface area contributed by atoms with Gasteiger partial charge in [-0.1, -0.05) is 28.9 Å². The highest BCUT2D eigenvalue weighted by molar-refractivity contribution is 5.95. The number of piperidine rings is 2. The summed E-state index contributed by atoms with van der Waals surface area (Å²) in [6.07, 6.45) is -5.95. The number of rotatable bonds is 7. The topological polar surface area (TPSA) is 159 Å². The number of aromatic carboxylic acids is 1. The number of nitrogens with one attached hydrogen (secondary N) is 1. The van der Waals surface area contributed by atoms with E-state index in [1.54, 1.807) is 0 Å². The van der Waals surface area contributed by atoms with Crippen LogP contribution in [0.1, 0.15) is 102 Å². The minimum atomic E-state index is -4.84. The van der Waals surface area contributed by atoms with E-state index in [0.717, 1.165) is 16.8 Å². The number of carbonyl (C=O) groups excluding carboxylic acids is 3. The van der Waals surface area contributed by atoms with Crippen molar-refractivity contribution in [1.82, 2.24) is 39.5 Å². The highest BCUT2D eigenvalue weighted by atomic mass is 19.4. The van der Waals surface area contributed by atoms with Gasteiger partial charge in [0, 0.05) is 51.1 Å². The van der Waals surface area contributed by atoms with Crippen molar-refractivity contribution in [3.05, 3.63) is 124 Å². The molecule has 0 spiro atoms. The minimum absolute atomic E-state index is 0.0104. The summed E-state index contributed by atoms with van der Waals surface area (Å²) < 4.78 is 89.9. The molecule has 6 heterocycles. The maximum absolute atomic E-state index is 14.9. The third-order valence-electron chi connectivity index (χ3n) is 11.4. The van der Waals surface area contributed by atoms with E-state index in [-0.39, 0.29) is 103 Å². The number of hydrogen-bond acceptors (Lipinski definition) is 7. The first-order chi connectivity index (χ1) is 29.0. The molecule has 0 aliphatic carbocycles. The van der Waals surface area contributed by atoms with Crippen LogP contribution in [0.5, 0.6) is 0 Å². The summed E-state index contributed by atoms with van der Waals surface area (Å²) >= 11 is 0. The van der Waals surface area contributed by atoms with Gasteiger partial charge in [0.25, 0.3) is 17.5 Å². The first-order valence-electron chi connectivity index (χ1n) is 19.2. The molecule has 2 aliphatic heterocycles. The van der Waals surface area contributed by atoms with Crippen molar-refractivity contribution in [3.63, 3.8) is 0 Å². The van der Waals surface area contributed by atoms with E-state index < -0.39 is 59.0 Å². The Morgan fingerprint density at radius 2 is 1.36 bits per heavy atom. The summed E-state index contributed by atoms with van der Waals surface area (Å²) in [5.41, 5.74) is -1.21. The Morgan fingerprint density at radius 3 is 1.98 bits per heavy atom. The summed E-state index contributed by atoms with van der Waals surface area (Å²) in [5.74, 6) is -4.25. The highest BCUT2D eigenvalue weighted by Crippen LogP contribution is 2.41. The van der Waals surface area contributed by atoms with Gasteiger partial charge >= 0.3 is 30.1 Å². The zero-order valence-corrected chi connectivity index (χ0v) is 32.2. The van der Waals surface area contributed by atoms with Gasteiger partial charge in [-0.15, -0.1) is 10.2 Å². The number of hydrogen-bond donors (Lipinski definition) is 2. The van der Waals surface area contributed by atoms with Gasteiger partial charge in [0.15, 0.2) is 5.65 Å². The predicted molar refractivity (Wildman–Crippen MR) is 202 cm³/mol. The summed E-state index contributed by atoms with van der Waals surface area (Å²) in [5, 5.41) is 24.2. The molecule has 0 bridgehead atoms. The van der Waals surface area contributed by atoms with E-state index in [4.69, 9.17) is 0 Å². The predicted octanol–water partition coefficient (Wildman–Crippen LogP) is 5.79. The monoisotopic (exact) mass is 848 g/mol. The third-order valence-corrected chi connectivity index (χ3v) is 11.4. The van der Waals surface area contributed by atoms with Crippen LogP contribution in [0.2, 0.25) is 0 Å². The maximum Gasteiger partial charge on any atom is 0.416 e. The molecule has 2 fully saturated rings. The third kappa shape index (κ3) is 7.72. The fourth-order valence-electron chi connectivity index (χ4n) is 8.27. The molecule has 2 aromatic carbocycles. The molecule has 2 saturated heterocycles. The minimum Gasteiger partial charge on any atom is -0.478 e. The molecule has 3 amide bonds. The SMILES string of the molecule is CNC(=O)c1cc[n+]2c(C(=O)N3CCC(c4ccccc4C(F)(F)F)CC3)nn(-c3ccc(C4CCN(C(=O)c5nnc6ccc(C(=O)O)cn56)CC4)c(C(F)(F)F)c3)c2c1. The number of aromatic nitrogens is 6. The van der Waals surface area contributed by atoms with Crippen molar-refractivity contribution < 1.29 is 55.0 Å². The number of carboxylic acid groups (broad SMARTS) is 1. The fourth-order valence-corrected chi connectivity index (χ4v) is 8.27. The number of alkyl halides is 6. The van der Waals surface area contributed by atoms with Gasteiger partial charge < -0.3 is 20.2 Å². The van der Waals surface area contributed by atoms with E-state index in [0.29, 0.717) is 0 Å². The molecular formula is C41H36F6N9O5+. The molecule has 61 heavy (non-hydrogen) atoms. The first-order valence-corrected chi connectivity index (χ1v) is 19.2. The zero-order valence-electron chi connectivity index (χ0n) is 32.2. The van der Waals surface area contributed by atoms with Crippen molar-refractivity contribution in [1.29, 1.82) is 0 Å². The Morgan fingerprint density at radius 1 is 0.738 bits per heavy atom. The number of benzene rings is 2. The quantitative estimate of drug-likeness (QED) is 0.151. The summed E-state index contributed by atoms with van der Waals surface area (Å²) in [6, 6.07) is 14.6. The Kier molecular flexibility index (Phi) is 10.5. The molecule has 8 rings (SSSR count). The second-order valence-electron chi connectivity index (χ2n) is 14.9. The van der Waals surface area contributed by atoms with Gasteiger partial charge in [0.2, 0.25) is 5.82 Å². The molecule has 316 valence electrons. The molecule has 0 radical (unpaired) electrons. The van der Waals surface area contributed by atoms with E-state index in [1.807, 2.05) is 0 Å². The summed E-state index contributed by atoms with van der Waals surface area (Å²) in [4.78, 5) is 54.6. The lowest BCUT2D eigenvalue weighted by molar-refractivity contribution is -0.515. The van der Waals surface area contributed by atoms with Crippen molar-refractivity contribution in [2.75, 3.05) is 33.2 Å². The van der Waals surface area contributed by atoms with Crippen LogP contribution in [0, 0.1) is 0 Å². The smallest absolute Gasteiger partial charge is 0.416 e. The van der Waals surface area contributed by atoms with Crippen LogP contribution in [0.4, 0.5) is 26.3 Å². The lowest BCUT2D eigenvalue weighted by Gasteiger charge is -2.33. The number of carboxylic acids is 1. The molecule has 2 N–H and O–H groups in total. The van der Waals surface area contributed by atoms with Crippen LogP contribution in [0.25, 0.3) is 17.0 Å². The van der Waals surface area contributed by atoms with Crippen LogP contribution in [-0.2, 0) is 12.4 Å². The van der Waals surface area contributed by atoms with Crippen molar-refractivity contribution in [2.45, 2.75) is 49.9 Å². The molecule has 14 nitrogen and oxygen atoms in total. The molecular weight excluding hydrogens is 812 g/mol. The number of nitrogens with zero attached hydrogens (tertiary/aromatic N) is 8. The van der Waals surface area contributed by atoms with E-state index in [2.05, 4.69) is 20.6 Å². The molecule has 0 unspecified atom stereocenters. The molecule has 0 saturated carbocycles. The molecule has 4 aromatic heterocycles. The Bertz CT molecular complexity index is 2710. The number of halogens is 6. The second kappa shape index (κ2) is 15.6. The van der Waals surface area contributed by atoms with Crippen LogP contribution in [-0.4, -0.2) is 96.2 Å².